The molecule has 0 spiro atoms. The fourth-order valence-corrected chi connectivity index (χ4v) is 2.93. The first-order chi connectivity index (χ1) is 11.1. The zero-order valence-electron chi connectivity index (χ0n) is 13.4. The van der Waals surface area contributed by atoms with E-state index < -0.39 is 6.10 Å². The first kappa shape index (κ1) is 16.0. The molecule has 1 fully saturated rings. The molecule has 0 bridgehead atoms. The van der Waals surface area contributed by atoms with Crippen molar-refractivity contribution in [3.05, 3.63) is 65.2 Å². The Kier molecular flexibility index (Phi) is 4.96. The Morgan fingerprint density at radius 1 is 1.22 bits per heavy atom. The number of nitrogens with zero attached hydrogens (tertiary/aromatic N) is 1. The van der Waals surface area contributed by atoms with Crippen LogP contribution in [0.4, 0.5) is 0 Å². The smallest absolute Gasteiger partial charge is 0.115 e. The molecular weight excluding hydrogens is 290 g/mol. The first-order valence-corrected chi connectivity index (χ1v) is 7.99. The molecule has 0 aliphatic carbocycles. The number of aromatic hydroxyl groups is 1. The number of ether oxygens (including phenoxy) is 1. The van der Waals surface area contributed by atoms with Crippen LogP contribution in [0.2, 0.25) is 0 Å². The van der Waals surface area contributed by atoms with Gasteiger partial charge in [0.1, 0.15) is 5.75 Å². The molecule has 2 atom stereocenters. The predicted molar refractivity (Wildman–Crippen MR) is 89.4 cm³/mol. The van der Waals surface area contributed by atoms with E-state index in [9.17, 15) is 10.2 Å². The summed E-state index contributed by atoms with van der Waals surface area (Å²) in [6.45, 7) is 4.77. The third-order valence-electron chi connectivity index (χ3n) is 4.29. The van der Waals surface area contributed by atoms with Gasteiger partial charge in [-0.05, 0) is 30.2 Å². The van der Waals surface area contributed by atoms with Crippen molar-refractivity contribution in [3.63, 3.8) is 0 Å². The van der Waals surface area contributed by atoms with E-state index in [4.69, 9.17) is 4.74 Å². The van der Waals surface area contributed by atoms with E-state index in [-0.39, 0.29) is 11.9 Å². The number of phenols is 1. The number of rotatable bonds is 4. The number of β-amino-alcohol motifs (C(OH)–C–C–N with tert-alkyl or cyclic N) is 1. The maximum absolute atomic E-state index is 10.4. The van der Waals surface area contributed by atoms with Crippen LogP contribution < -0.4 is 0 Å². The molecule has 1 aliphatic rings. The lowest BCUT2D eigenvalue weighted by Gasteiger charge is -2.34. The van der Waals surface area contributed by atoms with Crippen LogP contribution in [-0.2, 0) is 4.74 Å². The van der Waals surface area contributed by atoms with E-state index in [1.807, 2.05) is 43.3 Å². The van der Waals surface area contributed by atoms with Crippen LogP contribution in [0.15, 0.2) is 48.5 Å². The van der Waals surface area contributed by atoms with Gasteiger partial charge in [-0.2, -0.15) is 0 Å². The Labute approximate surface area is 136 Å². The Morgan fingerprint density at radius 2 is 2.00 bits per heavy atom. The highest BCUT2D eigenvalue weighted by Gasteiger charge is 2.24. The van der Waals surface area contributed by atoms with Gasteiger partial charge in [0, 0.05) is 19.6 Å². The van der Waals surface area contributed by atoms with Crippen LogP contribution in [0.5, 0.6) is 5.75 Å². The molecule has 4 nitrogen and oxygen atoms in total. The fourth-order valence-electron chi connectivity index (χ4n) is 2.93. The highest BCUT2D eigenvalue weighted by Crippen LogP contribution is 2.26. The van der Waals surface area contributed by atoms with Gasteiger partial charge >= 0.3 is 0 Å². The number of benzene rings is 2. The number of aliphatic hydroxyl groups is 1. The summed E-state index contributed by atoms with van der Waals surface area (Å²) < 4.78 is 5.82. The number of hydrogen-bond donors (Lipinski definition) is 2. The van der Waals surface area contributed by atoms with E-state index in [1.54, 1.807) is 12.1 Å². The van der Waals surface area contributed by atoms with Crippen molar-refractivity contribution >= 4 is 0 Å². The topological polar surface area (TPSA) is 52.9 Å². The molecule has 0 amide bonds. The lowest BCUT2D eigenvalue weighted by molar-refractivity contribution is -0.0424. The molecule has 2 N–H and O–H groups in total. The van der Waals surface area contributed by atoms with Gasteiger partial charge in [-0.3, -0.25) is 4.90 Å². The second-order valence-electron chi connectivity index (χ2n) is 6.14. The van der Waals surface area contributed by atoms with Crippen LogP contribution in [-0.4, -0.2) is 41.4 Å². The summed E-state index contributed by atoms with van der Waals surface area (Å²) in [5, 5.41) is 20.1. The van der Waals surface area contributed by atoms with Crippen molar-refractivity contribution in [2.24, 2.45) is 0 Å². The van der Waals surface area contributed by atoms with Crippen LogP contribution in [0.1, 0.15) is 28.9 Å². The lowest BCUT2D eigenvalue weighted by Crippen LogP contribution is -2.40. The summed E-state index contributed by atoms with van der Waals surface area (Å²) in [7, 11) is 0. The minimum Gasteiger partial charge on any atom is -0.508 e. The molecule has 0 saturated carbocycles. The van der Waals surface area contributed by atoms with Crippen molar-refractivity contribution in [3.8, 4) is 5.75 Å². The van der Waals surface area contributed by atoms with Crippen molar-refractivity contribution < 1.29 is 14.9 Å². The van der Waals surface area contributed by atoms with Gasteiger partial charge in [-0.25, -0.2) is 0 Å². The number of hydrogen-bond acceptors (Lipinski definition) is 4. The van der Waals surface area contributed by atoms with Crippen molar-refractivity contribution in [1.29, 1.82) is 0 Å². The minimum atomic E-state index is -0.501. The Bertz CT molecular complexity index is 641. The number of aliphatic hydroxyl groups excluding tert-OH is 1. The van der Waals surface area contributed by atoms with Gasteiger partial charge in [0.05, 0.1) is 18.8 Å². The van der Waals surface area contributed by atoms with Crippen LogP contribution in [0, 0.1) is 6.92 Å². The van der Waals surface area contributed by atoms with Gasteiger partial charge in [0.25, 0.3) is 0 Å². The highest BCUT2D eigenvalue weighted by molar-refractivity contribution is 5.29. The number of phenolic OH excluding ortho intramolecular Hbond substituents is 1. The molecule has 4 heteroatoms. The molecule has 1 saturated heterocycles. The summed E-state index contributed by atoms with van der Waals surface area (Å²) in [5.74, 6) is 0.253. The van der Waals surface area contributed by atoms with Gasteiger partial charge in [-0.15, -0.1) is 0 Å². The molecule has 23 heavy (non-hydrogen) atoms. The quantitative estimate of drug-likeness (QED) is 0.911. The van der Waals surface area contributed by atoms with E-state index >= 15 is 0 Å². The van der Waals surface area contributed by atoms with E-state index in [0.29, 0.717) is 19.7 Å². The molecule has 0 aromatic heterocycles. The number of aryl methyl sites for hydroxylation is 1. The maximum atomic E-state index is 10.4. The van der Waals surface area contributed by atoms with Gasteiger partial charge in [0.2, 0.25) is 0 Å². The minimum absolute atomic E-state index is 0.0685. The summed E-state index contributed by atoms with van der Waals surface area (Å²) in [5.41, 5.74) is 3.10. The van der Waals surface area contributed by atoms with Crippen LogP contribution >= 0.6 is 0 Å². The zero-order chi connectivity index (χ0) is 16.2. The van der Waals surface area contributed by atoms with Gasteiger partial charge < -0.3 is 14.9 Å². The van der Waals surface area contributed by atoms with Crippen molar-refractivity contribution in [2.45, 2.75) is 19.1 Å². The Hall–Kier alpha value is -1.88. The maximum Gasteiger partial charge on any atom is 0.115 e. The summed E-state index contributed by atoms with van der Waals surface area (Å²) >= 11 is 0. The standard InChI is InChI=1S/C19H23NO3/c1-14-5-7-15(8-6-14)18(22)12-20-9-10-23-19(13-20)16-3-2-4-17(21)11-16/h2-8,11,18-19,21-22H,9-10,12-13H2,1H3. The molecule has 1 aliphatic heterocycles. The molecular formula is C19H23NO3. The average molecular weight is 313 g/mol. The van der Waals surface area contributed by atoms with Crippen molar-refractivity contribution in [1.82, 2.24) is 4.90 Å². The second-order valence-corrected chi connectivity index (χ2v) is 6.14. The summed E-state index contributed by atoms with van der Waals surface area (Å²) in [6, 6.07) is 15.2. The molecule has 2 unspecified atom stereocenters. The Balaban J connectivity index is 1.63. The van der Waals surface area contributed by atoms with E-state index in [1.165, 1.54) is 5.56 Å². The normalized spacial score (nSPS) is 20.3. The highest BCUT2D eigenvalue weighted by atomic mass is 16.5. The van der Waals surface area contributed by atoms with Crippen LogP contribution in [0.25, 0.3) is 0 Å². The zero-order valence-corrected chi connectivity index (χ0v) is 13.4. The molecule has 2 aromatic carbocycles. The van der Waals surface area contributed by atoms with Gasteiger partial charge in [0.15, 0.2) is 0 Å². The SMILES string of the molecule is Cc1ccc(C(O)CN2CCOC(c3cccc(O)c3)C2)cc1. The largest absolute Gasteiger partial charge is 0.508 e. The van der Waals surface area contributed by atoms with E-state index in [2.05, 4.69) is 4.90 Å². The summed E-state index contributed by atoms with van der Waals surface area (Å²) in [4.78, 5) is 2.21. The molecule has 2 aromatic rings. The molecule has 0 radical (unpaired) electrons. The molecule has 122 valence electrons. The Morgan fingerprint density at radius 3 is 2.74 bits per heavy atom. The third kappa shape index (κ3) is 4.10. The lowest BCUT2D eigenvalue weighted by atomic mass is 10.0. The third-order valence-corrected chi connectivity index (χ3v) is 4.29. The first-order valence-electron chi connectivity index (χ1n) is 7.99. The fraction of sp³-hybridized carbons (Fsp3) is 0.368. The van der Waals surface area contributed by atoms with Crippen LogP contribution in [0.3, 0.4) is 0 Å². The molecule has 3 rings (SSSR count). The molecule has 1 heterocycles. The predicted octanol–water partition coefficient (Wildman–Crippen LogP) is 2.81. The monoisotopic (exact) mass is 313 g/mol. The van der Waals surface area contributed by atoms with Crippen molar-refractivity contribution in [2.75, 3.05) is 26.2 Å². The van der Waals surface area contributed by atoms with E-state index in [0.717, 1.165) is 17.7 Å². The van der Waals surface area contributed by atoms with Gasteiger partial charge in [-0.1, -0.05) is 42.0 Å². The summed E-state index contributed by atoms with van der Waals surface area (Å²) in [6.07, 6.45) is -0.570. The average Bonchev–Trinajstić information content (AvgIpc) is 2.56. The number of morpholine rings is 1. The second kappa shape index (κ2) is 7.13.